The number of nitrogens with one attached hydrogen (secondary N) is 1. The Morgan fingerprint density at radius 2 is 2.10 bits per heavy atom. The Balaban J connectivity index is 2.05. The summed E-state index contributed by atoms with van der Waals surface area (Å²) >= 11 is 0. The highest BCUT2D eigenvalue weighted by molar-refractivity contribution is 5.92. The van der Waals surface area contributed by atoms with Crippen molar-refractivity contribution in [2.75, 3.05) is 25.2 Å². The third-order valence-corrected chi connectivity index (χ3v) is 3.23. The Bertz CT molecular complexity index is 523. The average Bonchev–Trinajstić information content (AvgIpc) is 2.86. The van der Waals surface area contributed by atoms with Crippen LogP contribution in [0.5, 0.6) is 0 Å². The van der Waals surface area contributed by atoms with Crippen molar-refractivity contribution in [3.05, 3.63) is 30.1 Å². The number of rotatable bonds is 3. The van der Waals surface area contributed by atoms with Crippen molar-refractivity contribution >= 4 is 17.7 Å². The van der Waals surface area contributed by atoms with Crippen LogP contribution in [0.3, 0.4) is 0 Å². The molecule has 1 saturated heterocycles. The van der Waals surface area contributed by atoms with E-state index < -0.39 is 29.8 Å². The molecule has 0 spiro atoms. The molecule has 108 valence electrons. The van der Waals surface area contributed by atoms with Gasteiger partial charge >= 0.3 is 12.0 Å². The van der Waals surface area contributed by atoms with E-state index >= 15 is 0 Å². The van der Waals surface area contributed by atoms with Gasteiger partial charge < -0.3 is 15.2 Å². The molecule has 0 saturated carbocycles. The van der Waals surface area contributed by atoms with Gasteiger partial charge in [-0.1, -0.05) is 12.1 Å². The van der Waals surface area contributed by atoms with Gasteiger partial charge in [0.1, 0.15) is 11.7 Å². The molecule has 2 atom stereocenters. The molecule has 2 unspecified atom stereocenters. The average molecular weight is 282 g/mol. The molecule has 1 fully saturated rings. The summed E-state index contributed by atoms with van der Waals surface area (Å²) in [6.45, 7) is 0.192. The molecule has 0 bridgehead atoms. The van der Waals surface area contributed by atoms with Gasteiger partial charge in [-0.2, -0.15) is 0 Å². The Labute approximate surface area is 115 Å². The summed E-state index contributed by atoms with van der Waals surface area (Å²) < 4.78 is 18.6. The number of hydrogen-bond donors (Lipinski definition) is 2. The normalized spacial score (nSPS) is 21.5. The highest BCUT2D eigenvalue weighted by atomic mass is 19.1. The minimum atomic E-state index is -1.03. The van der Waals surface area contributed by atoms with Crippen molar-refractivity contribution in [3.63, 3.8) is 0 Å². The first kappa shape index (κ1) is 14.3. The molecule has 0 aliphatic carbocycles. The molecule has 1 aliphatic heterocycles. The first-order valence-corrected chi connectivity index (χ1v) is 6.10. The number of amides is 2. The summed E-state index contributed by atoms with van der Waals surface area (Å²) in [5, 5.41) is 11.5. The van der Waals surface area contributed by atoms with E-state index in [1.54, 1.807) is 6.07 Å². The van der Waals surface area contributed by atoms with Gasteiger partial charge in [0, 0.05) is 7.05 Å². The first-order chi connectivity index (χ1) is 9.50. The van der Waals surface area contributed by atoms with Crippen LogP contribution >= 0.6 is 0 Å². The minimum absolute atomic E-state index is 0.0592. The number of aliphatic carboxylic acids is 1. The second kappa shape index (κ2) is 5.87. The summed E-state index contributed by atoms with van der Waals surface area (Å²) in [5.74, 6) is -2.34. The number of carbonyl (C=O) groups is 2. The van der Waals surface area contributed by atoms with Crippen LogP contribution in [0.25, 0.3) is 0 Å². The van der Waals surface area contributed by atoms with Gasteiger partial charge in [0.2, 0.25) is 0 Å². The number of benzene rings is 1. The van der Waals surface area contributed by atoms with Gasteiger partial charge in [-0.25, -0.2) is 9.18 Å². The first-order valence-electron chi connectivity index (χ1n) is 6.10. The number of anilines is 1. The number of hydrogen-bond acceptors (Lipinski definition) is 3. The van der Waals surface area contributed by atoms with Gasteiger partial charge in [0.05, 0.1) is 24.9 Å². The fourth-order valence-electron chi connectivity index (χ4n) is 2.03. The van der Waals surface area contributed by atoms with E-state index in [9.17, 15) is 14.0 Å². The SMILES string of the molecule is CN(C(=O)NC1COCC1C(=O)O)c1ccccc1F. The van der Waals surface area contributed by atoms with Crippen LogP contribution in [0.4, 0.5) is 14.9 Å². The van der Waals surface area contributed by atoms with Crippen LogP contribution in [0.15, 0.2) is 24.3 Å². The van der Waals surface area contributed by atoms with Crippen molar-refractivity contribution < 1.29 is 23.8 Å². The van der Waals surface area contributed by atoms with Crippen LogP contribution in [-0.4, -0.2) is 43.4 Å². The predicted molar refractivity (Wildman–Crippen MR) is 69.1 cm³/mol. The quantitative estimate of drug-likeness (QED) is 0.869. The molecule has 2 N–H and O–H groups in total. The number of para-hydroxylation sites is 1. The number of carbonyl (C=O) groups excluding carboxylic acids is 1. The van der Waals surface area contributed by atoms with Gasteiger partial charge in [0.25, 0.3) is 0 Å². The van der Waals surface area contributed by atoms with E-state index in [2.05, 4.69) is 5.32 Å². The maximum absolute atomic E-state index is 13.6. The molecule has 20 heavy (non-hydrogen) atoms. The molecule has 6 nitrogen and oxygen atoms in total. The topological polar surface area (TPSA) is 78.9 Å². The third-order valence-electron chi connectivity index (χ3n) is 3.23. The van der Waals surface area contributed by atoms with Crippen molar-refractivity contribution in [2.45, 2.75) is 6.04 Å². The lowest BCUT2D eigenvalue weighted by Gasteiger charge is -2.22. The van der Waals surface area contributed by atoms with Crippen molar-refractivity contribution in [1.82, 2.24) is 5.32 Å². The zero-order valence-electron chi connectivity index (χ0n) is 10.9. The van der Waals surface area contributed by atoms with E-state index in [1.807, 2.05) is 0 Å². The second-order valence-electron chi connectivity index (χ2n) is 4.55. The number of ether oxygens (including phenoxy) is 1. The largest absolute Gasteiger partial charge is 0.481 e. The third kappa shape index (κ3) is 2.88. The maximum atomic E-state index is 13.6. The van der Waals surface area contributed by atoms with Gasteiger partial charge in [0.15, 0.2) is 0 Å². The van der Waals surface area contributed by atoms with E-state index in [-0.39, 0.29) is 18.9 Å². The van der Waals surface area contributed by atoms with E-state index in [4.69, 9.17) is 9.84 Å². The minimum Gasteiger partial charge on any atom is -0.481 e. The number of carboxylic acids is 1. The van der Waals surface area contributed by atoms with Crippen LogP contribution in [0, 0.1) is 11.7 Å². The van der Waals surface area contributed by atoms with Crippen molar-refractivity contribution in [1.29, 1.82) is 0 Å². The highest BCUT2D eigenvalue weighted by Crippen LogP contribution is 2.18. The fourth-order valence-corrected chi connectivity index (χ4v) is 2.03. The summed E-state index contributed by atoms with van der Waals surface area (Å²) in [6, 6.07) is 4.66. The summed E-state index contributed by atoms with van der Waals surface area (Å²) in [7, 11) is 1.42. The molecular formula is C13H15FN2O4. The molecular weight excluding hydrogens is 267 g/mol. The van der Waals surface area contributed by atoms with E-state index in [1.165, 1.54) is 25.2 Å². The standard InChI is InChI=1S/C13H15FN2O4/c1-16(11-5-3-2-4-9(11)14)13(19)15-10-7-20-6-8(10)12(17)18/h2-5,8,10H,6-7H2,1H3,(H,15,19)(H,17,18). The number of halogens is 1. The van der Waals surface area contributed by atoms with Gasteiger partial charge in [-0.05, 0) is 12.1 Å². The van der Waals surface area contributed by atoms with E-state index in [0.29, 0.717) is 0 Å². The number of carboxylic acid groups (broad SMARTS) is 1. The predicted octanol–water partition coefficient (Wildman–Crippen LogP) is 1.07. The summed E-state index contributed by atoms with van der Waals surface area (Å²) in [6.07, 6.45) is 0. The molecule has 2 amide bonds. The molecule has 7 heteroatoms. The van der Waals surface area contributed by atoms with Crippen LogP contribution in [0.1, 0.15) is 0 Å². The number of nitrogens with zero attached hydrogens (tertiary/aromatic N) is 1. The molecule has 0 radical (unpaired) electrons. The number of urea groups is 1. The lowest BCUT2D eigenvalue weighted by atomic mass is 10.0. The van der Waals surface area contributed by atoms with Crippen LogP contribution in [0.2, 0.25) is 0 Å². The molecule has 1 aromatic carbocycles. The Morgan fingerprint density at radius 3 is 2.75 bits per heavy atom. The van der Waals surface area contributed by atoms with Gasteiger partial charge in [-0.15, -0.1) is 0 Å². The second-order valence-corrected chi connectivity index (χ2v) is 4.55. The fraction of sp³-hybridized carbons (Fsp3) is 0.385. The molecule has 1 heterocycles. The van der Waals surface area contributed by atoms with Crippen molar-refractivity contribution in [3.8, 4) is 0 Å². The lowest BCUT2D eigenvalue weighted by molar-refractivity contribution is -0.142. The maximum Gasteiger partial charge on any atom is 0.322 e. The molecule has 2 rings (SSSR count). The monoisotopic (exact) mass is 282 g/mol. The molecule has 1 aromatic rings. The smallest absolute Gasteiger partial charge is 0.322 e. The van der Waals surface area contributed by atoms with Crippen LogP contribution < -0.4 is 10.2 Å². The zero-order valence-corrected chi connectivity index (χ0v) is 10.9. The van der Waals surface area contributed by atoms with Crippen LogP contribution in [-0.2, 0) is 9.53 Å². The molecule has 0 aromatic heterocycles. The Kier molecular flexibility index (Phi) is 4.19. The zero-order chi connectivity index (χ0) is 14.7. The van der Waals surface area contributed by atoms with Crippen molar-refractivity contribution in [2.24, 2.45) is 5.92 Å². The molecule has 1 aliphatic rings. The lowest BCUT2D eigenvalue weighted by Crippen LogP contribution is -2.48. The highest BCUT2D eigenvalue weighted by Gasteiger charge is 2.35. The van der Waals surface area contributed by atoms with E-state index in [0.717, 1.165) is 4.90 Å². The summed E-state index contributed by atoms with van der Waals surface area (Å²) in [5.41, 5.74) is 0.121. The summed E-state index contributed by atoms with van der Waals surface area (Å²) in [4.78, 5) is 24.1. The van der Waals surface area contributed by atoms with Gasteiger partial charge in [-0.3, -0.25) is 9.69 Å². The Hall–Kier alpha value is -2.15. The Morgan fingerprint density at radius 1 is 1.40 bits per heavy atom.